The molecule has 1 atom stereocenters. The zero-order valence-electron chi connectivity index (χ0n) is 9.24. The maximum atomic E-state index is 5.48. The summed E-state index contributed by atoms with van der Waals surface area (Å²) in [4.78, 5) is 2.49. The second-order valence-electron chi connectivity index (χ2n) is 4.43. The van der Waals surface area contributed by atoms with E-state index in [-0.39, 0.29) is 0 Å². The first kappa shape index (κ1) is 10.3. The van der Waals surface area contributed by atoms with E-state index in [2.05, 4.69) is 29.9 Å². The summed E-state index contributed by atoms with van der Waals surface area (Å²) in [6, 6.07) is 8.23. The highest BCUT2D eigenvalue weighted by Crippen LogP contribution is 2.19. The van der Waals surface area contributed by atoms with Crippen LogP contribution in [0.15, 0.2) is 24.3 Å². The zero-order chi connectivity index (χ0) is 10.7. The van der Waals surface area contributed by atoms with Crippen molar-refractivity contribution in [3.05, 3.63) is 35.4 Å². The Morgan fingerprint density at radius 1 is 1.47 bits per heavy atom. The molecule has 1 heteroatoms. The Labute approximate surface area is 92.1 Å². The second-order valence-corrected chi connectivity index (χ2v) is 4.43. The molecule has 1 unspecified atom stereocenters. The summed E-state index contributed by atoms with van der Waals surface area (Å²) in [6.45, 7) is 5.73. The molecule has 2 rings (SSSR count). The van der Waals surface area contributed by atoms with Crippen LogP contribution in [0.3, 0.4) is 0 Å². The topological polar surface area (TPSA) is 3.24 Å². The SMILES string of the molecule is C#Cc1ccccc1CN1CCC(C)C1. The smallest absolute Gasteiger partial charge is 0.0287 e. The lowest BCUT2D eigenvalue weighted by molar-refractivity contribution is 0.320. The minimum absolute atomic E-state index is 0.836. The first-order chi connectivity index (χ1) is 7.29. The highest BCUT2D eigenvalue weighted by atomic mass is 15.1. The Hall–Kier alpha value is -1.26. The molecule has 0 radical (unpaired) electrons. The van der Waals surface area contributed by atoms with Crippen LogP contribution in [0.5, 0.6) is 0 Å². The van der Waals surface area contributed by atoms with E-state index in [1.165, 1.54) is 25.1 Å². The van der Waals surface area contributed by atoms with Crippen LogP contribution in [-0.4, -0.2) is 18.0 Å². The average Bonchev–Trinajstić information content (AvgIpc) is 2.65. The third kappa shape index (κ3) is 2.40. The van der Waals surface area contributed by atoms with Gasteiger partial charge in [-0.3, -0.25) is 4.90 Å². The van der Waals surface area contributed by atoms with Gasteiger partial charge in [-0.15, -0.1) is 6.42 Å². The summed E-state index contributed by atoms with van der Waals surface area (Å²) >= 11 is 0. The molecule has 0 amide bonds. The van der Waals surface area contributed by atoms with Crippen molar-refractivity contribution in [2.75, 3.05) is 13.1 Å². The summed E-state index contributed by atoms with van der Waals surface area (Å²) in [5.41, 5.74) is 2.33. The molecule has 0 bridgehead atoms. The maximum Gasteiger partial charge on any atom is 0.0287 e. The molecule has 1 aromatic carbocycles. The van der Waals surface area contributed by atoms with Crippen LogP contribution in [0.25, 0.3) is 0 Å². The molecule has 1 heterocycles. The molecule has 1 aliphatic rings. The Morgan fingerprint density at radius 3 is 2.93 bits per heavy atom. The summed E-state index contributed by atoms with van der Waals surface area (Å²) < 4.78 is 0. The molecule has 1 aromatic rings. The second kappa shape index (κ2) is 4.51. The van der Waals surface area contributed by atoms with Gasteiger partial charge in [0.2, 0.25) is 0 Å². The number of nitrogens with zero attached hydrogens (tertiary/aromatic N) is 1. The first-order valence-electron chi connectivity index (χ1n) is 5.56. The van der Waals surface area contributed by atoms with Gasteiger partial charge in [-0.2, -0.15) is 0 Å². The number of terminal acetylenes is 1. The van der Waals surface area contributed by atoms with Crippen LogP contribution in [0.4, 0.5) is 0 Å². The van der Waals surface area contributed by atoms with Crippen molar-refractivity contribution in [3.63, 3.8) is 0 Å². The highest BCUT2D eigenvalue weighted by Gasteiger charge is 2.18. The van der Waals surface area contributed by atoms with Crippen LogP contribution < -0.4 is 0 Å². The van der Waals surface area contributed by atoms with Gasteiger partial charge in [-0.1, -0.05) is 31.0 Å². The summed E-state index contributed by atoms with van der Waals surface area (Å²) in [5, 5.41) is 0. The van der Waals surface area contributed by atoms with Crippen molar-refractivity contribution >= 4 is 0 Å². The quantitative estimate of drug-likeness (QED) is 0.661. The van der Waals surface area contributed by atoms with Crippen LogP contribution in [0, 0.1) is 18.3 Å². The molecule has 15 heavy (non-hydrogen) atoms. The minimum Gasteiger partial charge on any atom is -0.299 e. The number of hydrogen-bond acceptors (Lipinski definition) is 1. The largest absolute Gasteiger partial charge is 0.299 e. The van der Waals surface area contributed by atoms with Crippen molar-refractivity contribution in [2.24, 2.45) is 5.92 Å². The molecular weight excluding hydrogens is 182 g/mol. The third-order valence-electron chi connectivity index (χ3n) is 3.07. The Morgan fingerprint density at radius 2 is 2.27 bits per heavy atom. The average molecular weight is 199 g/mol. The lowest BCUT2D eigenvalue weighted by Gasteiger charge is -2.16. The normalized spacial score (nSPS) is 21.5. The van der Waals surface area contributed by atoms with Crippen molar-refractivity contribution in [3.8, 4) is 12.3 Å². The summed E-state index contributed by atoms with van der Waals surface area (Å²) in [7, 11) is 0. The number of benzene rings is 1. The lowest BCUT2D eigenvalue weighted by atomic mass is 10.1. The Kier molecular flexibility index (Phi) is 3.08. The fourth-order valence-electron chi connectivity index (χ4n) is 2.21. The predicted molar refractivity (Wildman–Crippen MR) is 63.4 cm³/mol. The molecular formula is C14H17N. The first-order valence-corrected chi connectivity index (χ1v) is 5.56. The molecule has 1 saturated heterocycles. The molecule has 0 spiro atoms. The molecule has 0 aromatic heterocycles. The molecule has 0 N–H and O–H groups in total. The molecule has 0 aliphatic carbocycles. The van der Waals surface area contributed by atoms with Gasteiger partial charge in [0.15, 0.2) is 0 Å². The van der Waals surface area contributed by atoms with Gasteiger partial charge >= 0.3 is 0 Å². The van der Waals surface area contributed by atoms with Crippen molar-refractivity contribution in [2.45, 2.75) is 19.9 Å². The fraction of sp³-hybridized carbons (Fsp3) is 0.429. The van der Waals surface area contributed by atoms with Crippen molar-refractivity contribution in [1.82, 2.24) is 4.90 Å². The number of rotatable bonds is 2. The molecule has 78 valence electrons. The Bertz CT molecular complexity index is 375. The Balaban J connectivity index is 2.08. The van der Waals surface area contributed by atoms with E-state index in [0.29, 0.717) is 0 Å². The van der Waals surface area contributed by atoms with Gasteiger partial charge in [-0.05, 0) is 30.5 Å². The standard InChI is InChI=1S/C14H17N/c1-3-13-6-4-5-7-14(13)11-15-9-8-12(2)10-15/h1,4-7,12H,8-11H2,2H3. The number of hydrogen-bond donors (Lipinski definition) is 0. The van der Waals surface area contributed by atoms with Crippen LogP contribution in [-0.2, 0) is 6.54 Å². The van der Waals surface area contributed by atoms with E-state index < -0.39 is 0 Å². The molecule has 1 aliphatic heterocycles. The van der Waals surface area contributed by atoms with Gasteiger partial charge in [0.25, 0.3) is 0 Å². The van der Waals surface area contributed by atoms with Crippen molar-refractivity contribution < 1.29 is 0 Å². The van der Waals surface area contributed by atoms with Gasteiger partial charge in [-0.25, -0.2) is 0 Å². The van der Waals surface area contributed by atoms with E-state index >= 15 is 0 Å². The van der Waals surface area contributed by atoms with Crippen LogP contribution >= 0.6 is 0 Å². The van der Waals surface area contributed by atoms with E-state index in [1.54, 1.807) is 0 Å². The van der Waals surface area contributed by atoms with Crippen molar-refractivity contribution in [1.29, 1.82) is 0 Å². The lowest BCUT2D eigenvalue weighted by Crippen LogP contribution is -2.20. The van der Waals surface area contributed by atoms with Gasteiger partial charge in [0, 0.05) is 18.7 Å². The van der Waals surface area contributed by atoms with E-state index in [4.69, 9.17) is 6.42 Å². The summed E-state index contributed by atoms with van der Waals surface area (Å²) in [5.74, 6) is 3.59. The third-order valence-corrected chi connectivity index (χ3v) is 3.07. The zero-order valence-corrected chi connectivity index (χ0v) is 9.24. The van der Waals surface area contributed by atoms with Gasteiger partial charge in [0.1, 0.15) is 0 Å². The van der Waals surface area contributed by atoms with Gasteiger partial charge < -0.3 is 0 Å². The minimum atomic E-state index is 0.836. The van der Waals surface area contributed by atoms with E-state index in [1.807, 2.05) is 12.1 Å². The highest BCUT2D eigenvalue weighted by molar-refractivity contribution is 5.39. The van der Waals surface area contributed by atoms with Crippen LogP contribution in [0.1, 0.15) is 24.5 Å². The number of likely N-dealkylation sites (tertiary alicyclic amines) is 1. The fourth-order valence-corrected chi connectivity index (χ4v) is 2.21. The predicted octanol–water partition coefficient (Wildman–Crippen LogP) is 2.51. The van der Waals surface area contributed by atoms with Crippen LogP contribution in [0.2, 0.25) is 0 Å². The molecule has 0 saturated carbocycles. The summed E-state index contributed by atoms with van der Waals surface area (Å²) in [6.07, 6.45) is 6.80. The van der Waals surface area contributed by atoms with E-state index in [9.17, 15) is 0 Å². The monoisotopic (exact) mass is 199 g/mol. The maximum absolute atomic E-state index is 5.48. The van der Waals surface area contributed by atoms with Gasteiger partial charge in [0.05, 0.1) is 0 Å². The molecule has 1 fully saturated rings. The van der Waals surface area contributed by atoms with E-state index in [0.717, 1.165) is 18.0 Å². The molecule has 1 nitrogen and oxygen atoms in total.